The Morgan fingerprint density at radius 1 is 0.720 bits per heavy atom. The van der Waals surface area contributed by atoms with Crippen molar-refractivity contribution in [2.24, 2.45) is 0 Å². The third-order valence-corrected chi connectivity index (χ3v) is 9.13. The number of rotatable bonds is 15. The molecule has 2 saturated heterocycles. The van der Waals surface area contributed by atoms with Gasteiger partial charge < -0.3 is 29.4 Å². The summed E-state index contributed by atoms with van der Waals surface area (Å²) in [5, 5.41) is 43.5. The first-order valence-corrected chi connectivity index (χ1v) is 16.6. The molecular formula is C28H26N4O16S2. The van der Waals surface area contributed by atoms with Gasteiger partial charge in [0.2, 0.25) is 0 Å². The monoisotopic (exact) mass is 738 g/mol. The van der Waals surface area contributed by atoms with Gasteiger partial charge in [-0.1, -0.05) is 21.6 Å². The number of hydroxylamine groups is 4. The van der Waals surface area contributed by atoms with Crippen LogP contribution in [0.5, 0.6) is 0 Å². The van der Waals surface area contributed by atoms with E-state index in [0.717, 1.165) is 45.9 Å². The highest BCUT2D eigenvalue weighted by Gasteiger charge is 2.34. The zero-order valence-electron chi connectivity index (χ0n) is 25.5. The van der Waals surface area contributed by atoms with Crippen molar-refractivity contribution in [1.82, 2.24) is 10.1 Å². The molecule has 0 spiro atoms. The van der Waals surface area contributed by atoms with E-state index in [1.54, 1.807) is 0 Å². The number of nitro benzene ring substituents is 2. The average Bonchev–Trinajstić information content (AvgIpc) is 3.57. The Bertz CT molecular complexity index is 1600. The summed E-state index contributed by atoms with van der Waals surface area (Å²) in [5.41, 5.74) is -2.14. The molecule has 22 heteroatoms. The van der Waals surface area contributed by atoms with E-state index >= 15 is 0 Å². The summed E-state index contributed by atoms with van der Waals surface area (Å²) in [6.45, 7) is -1.13. The number of amides is 2. The first-order chi connectivity index (χ1) is 23.7. The Kier molecular flexibility index (Phi) is 12.7. The maximum atomic E-state index is 12.7. The standard InChI is InChI=1S/C28H26N4O16S2/c33-21-5-6-22(34)29(21)47-25(37)9-11-45-27(39)17-13-15(1-3-19(17)31(41)42)49-50-16-2-4-20(32(43)44)18(14-16)28(40)46-12-10-26(38)48-30-23(35)7-8-24(30)36/h1-4,13-14,21,23,33,35H,5-12H2/t21-,23?/m0/s1. The Morgan fingerprint density at radius 2 is 1.10 bits per heavy atom. The fraction of sp³-hybridized carbons (Fsp3) is 0.357. The molecule has 2 aromatic rings. The third-order valence-electron chi connectivity index (χ3n) is 6.75. The van der Waals surface area contributed by atoms with E-state index in [0.29, 0.717) is 10.1 Å². The molecule has 2 heterocycles. The van der Waals surface area contributed by atoms with E-state index in [1.807, 2.05) is 0 Å². The van der Waals surface area contributed by atoms with Gasteiger partial charge >= 0.3 is 23.9 Å². The molecule has 0 saturated carbocycles. The summed E-state index contributed by atoms with van der Waals surface area (Å²) in [6.07, 6.45) is -3.53. The number of carbonyl (C=O) groups is 6. The van der Waals surface area contributed by atoms with Gasteiger partial charge in [0.1, 0.15) is 24.3 Å². The highest BCUT2D eigenvalue weighted by molar-refractivity contribution is 8.76. The van der Waals surface area contributed by atoms with Crippen LogP contribution in [0.25, 0.3) is 0 Å². The highest BCUT2D eigenvalue weighted by atomic mass is 33.1. The Balaban J connectivity index is 1.35. The van der Waals surface area contributed by atoms with Crippen molar-refractivity contribution in [3.63, 3.8) is 0 Å². The Morgan fingerprint density at radius 3 is 1.42 bits per heavy atom. The molecule has 2 amide bonds. The van der Waals surface area contributed by atoms with Gasteiger partial charge in [-0.2, -0.15) is 0 Å². The molecule has 2 fully saturated rings. The molecule has 0 aliphatic carbocycles. The van der Waals surface area contributed by atoms with Crippen LogP contribution in [0.3, 0.4) is 0 Å². The van der Waals surface area contributed by atoms with Crippen molar-refractivity contribution in [1.29, 1.82) is 0 Å². The number of ether oxygens (including phenoxy) is 2. The minimum atomic E-state index is -1.30. The van der Waals surface area contributed by atoms with Crippen molar-refractivity contribution in [2.45, 2.75) is 60.8 Å². The second kappa shape index (κ2) is 16.9. The molecule has 266 valence electrons. The maximum Gasteiger partial charge on any atom is 0.345 e. The number of benzene rings is 2. The molecule has 2 atom stereocenters. The lowest BCUT2D eigenvalue weighted by atomic mass is 10.2. The number of hydrogen-bond donors (Lipinski definition) is 2. The van der Waals surface area contributed by atoms with E-state index in [4.69, 9.17) is 19.1 Å². The second-order valence-electron chi connectivity index (χ2n) is 10.2. The molecule has 2 aromatic carbocycles. The van der Waals surface area contributed by atoms with Crippen molar-refractivity contribution < 1.29 is 68.0 Å². The van der Waals surface area contributed by atoms with Crippen molar-refractivity contribution in [3.05, 3.63) is 67.8 Å². The van der Waals surface area contributed by atoms with Crippen LogP contribution < -0.4 is 0 Å². The molecule has 0 bridgehead atoms. The predicted octanol–water partition coefficient (Wildman–Crippen LogP) is 2.19. The summed E-state index contributed by atoms with van der Waals surface area (Å²) in [5.74, 6) is -5.50. The van der Waals surface area contributed by atoms with Gasteiger partial charge in [0.25, 0.3) is 23.2 Å². The van der Waals surface area contributed by atoms with Crippen LogP contribution in [0.1, 0.15) is 59.2 Å². The molecule has 1 unspecified atom stereocenters. The molecule has 50 heavy (non-hydrogen) atoms. The van der Waals surface area contributed by atoms with E-state index < -0.39 is 107 Å². The van der Waals surface area contributed by atoms with E-state index in [-0.39, 0.29) is 35.5 Å². The van der Waals surface area contributed by atoms with Crippen LogP contribution in [0.2, 0.25) is 0 Å². The normalized spacial score (nSPS) is 17.0. The highest BCUT2D eigenvalue weighted by Crippen LogP contribution is 2.40. The van der Waals surface area contributed by atoms with Crippen LogP contribution in [-0.2, 0) is 38.3 Å². The molecule has 2 aliphatic rings. The number of nitro groups is 2. The fourth-order valence-electron chi connectivity index (χ4n) is 4.31. The number of carbonyl (C=O) groups excluding carboxylic acids is 6. The van der Waals surface area contributed by atoms with E-state index in [1.165, 1.54) is 12.1 Å². The molecular weight excluding hydrogens is 712 g/mol. The topological polar surface area (TPSA) is 273 Å². The van der Waals surface area contributed by atoms with Gasteiger partial charge in [0.05, 0.1) is 22.7 Å². The molecule has 20 nitrogen and oxygen atoms in total. The predicted molar refractivity (Wildman–Crippen MR) is 164 cm³/mol. The molecule has 0 radical (unpaired) electrons. The lowest BCUT2D eigenvalue weighted by molar-refractivity contribution is -0.385. The molecule has 0 aromatic heterocycles. The number of hydrogen-bond acceptors (Lipinski definition) is 18. The minimum absolute atomic E-state index is 0.0186. The van der Waals surface area contributed by atoms with Gasteiger partial charge in [0.15, 0.2) is 12.5 Å². The SMILES string of the molecule is O=C(CCOC(=O)c1cc(SSc2ccc([N+](=O)[O-])c(C(=O)OCCC(=O)ON3C(=O)CC[C@@H]3O)c2)ccc1[N+](=O)[O-])ON1C(=O)CCC1O. The van der Waals surface area contributed by atoms with Crippen LogP contribution in [0.4, 0.5) is 11.4 Å². The summed E-state index contributed by atoms with van der Waals surface area (Å²) >= 11 is 0. The fourth-order valence-corrected chi connectivity index (χ4v) is 6.28. The zero-order valence-corrected chi connectivity index (χ0v) is 27.1. The van der Waals surface area contributed by atoms with Crippen molar-refractivity contribution in [3.8, 4) is 0 Å². The smallest absolute Gasteiger partial charge is 0.345 e. The lowest BCUT2D eigenvalue weighted by Gasteiger charge is -2.18. The van der Waals surface area contributed by atoms with Crippen LogP contribution >= 0.6 is 21.6 Å². The van der Waals surface area contributed by atoms with Gasteiger partial charge in [0, 0.05) is 47.6 Å². The summed E-state index contributed by atoms with van der Waals surface area (Å²) in [7, 11) is 1.92. The average molecular weight is 739 g/mol. The summed E-state index contributed by atoms with van der Waals surface area (Å²) in [4.78, 5) is 104. The molecule has 2 aliphatic heterocycles. The number of nitrogens with zero attached hydrogens (tertiary/aromatic N) is 4. The summed E-state index contributed by atoms with van der Waals surface area (Å²) in [6, 6.07) is 7.00. The van der Waals surface area contributed by atoms with Crippen LogP contribution in [0, 0.1) is 20.2 Å². The number of esters is 2. The van der Waals surface area contributed by atoms with Gasteiger partial charge in [-0.05, 0) is 24.3 Å². The first-order valence-electron chi connectivity index (χ1n) is 14.4. The maximum absolute atomic E-state index is 12.7. The van der Waals surface area contributed by atoms with Gasteiger partial charge in [-0.25, -0.2) is 19.2 Å². The number of aliphatic hydroxyl groups excluding tert-OH is 2. The van der Waals surface area contributed by atoms with Crippen LogP contribution in [-0.4, -0.2) is 91.5 Å². The Labute approximate surface area is 288 Å². The molecule has 4 rings (SSSR count). The second-order valence-corrected chi connectivity index (χ2v) is 12.5. The summed E-state index contributed by atoms with van der Waals surface area (Å²) < 4.78 is 9.99. The Hall–Kier alpha value is -5.32. The van der Waals surface area contributed by atoms with Crippen molar-refractivity contribution >= 4 is 68.7 Å². The molecule has 2 N–H and O–H groups in total. The van der Waals surface area contributed by atoms with Gasteiger partial charge in [-0.3, -0.25) is 29.8 Å². The van der Waals surface area contributed by atoms with Crippen LogP contribution in [0.15, 0.2) is 46.2 Å². The van der Waals surface area contributed by atoms with E-state index in [9.17, 15) is 59.2 Å². The van der Waals surface area contributed by atoms with Crippen molar-refractivity contribution in [2.75, 3.05) is 13.2 Å². The zero-order chi connectivity index (χ0) is 36.5. The number of aliphatic hydroxyl groups is 2. The minimum Gasteiger partial charge on any atom is -0.461 e. The first kappa shape index (κ1) is 37.5. The van der Waals surface area contributed by atoms with E-state index in [2.05, 4.69) is 0 Å². The largest absolute Gasteiger partial charge is 0.461 e. The third kappa shape index (κ3) is 9.64. The lowest BCUT2D eigenvalue weighted by Crippen LogP contribution is -2.35. The quantitative estimate of drug-likeness (QED) is 0.115. The van der Waals surface area contributed by atoms with Gasteiger partial charge in [-0.15, -0.1) is 10.1 Å².